The number of nitrogens with one attached hydrogen (secondary N) is 1. The molecule has 0 bridgehead atoms. The number of anilines is 1. The summed E-state index contributed by atoms with van der Waals surface area (Å²) in [5.74, 6) is -0.0247. The molecule has 3 heterocycles. The lowest BCUT2D eigenvalue weighted by molar-refractivity contribution is -0.117. The fraction of sp³-hybridized carbons (Fsp3) is 0.391. The van der Waals surface area contributed by atoms with Gasteiger partial charge in [0.05, 0.1) is 35.4 Å². The van der Waals surface area contributed by atoms with Crippen LogP contribution in [0.3, 0.4) is 0 Å². The molecule has 0 unspecified atom stereocenters. The number of benzene rings is 1. The molecule has 3 aromatic rings. The number of aryl methyl sites for hydroxylation is 1. The van der Waals surface area contributed by atoms with Crippen molar-refractivity contribution < 1.29 is 9.53 Å². The molecule has 0 aliphatic carbocycles. The van der Waals surface area contributed by atoms with Crippen molar-refractivity contribution in [1.29, 1.82) is 0 Å². The number of carbonyl (C=O) groups is 1. The first-order valence-corrected chi connectivity index (χ1v) is 11.3. The summed E-state index contributed by atoms with van der Waals surface area (Å²) in [4.78, 5) is 16.4. The number of amides is 1. The largest absolute Gasteiger partial charge is 0.377 e. The van der Waals surface area contributed by atoms with Crippen LogP contribution in [-0.2, 0) is 16.1 Å². The van der Waals surface area contributed by atoms with Crippen molar-refractivity contribution in [3.05, 3.63) is 64.1 Å². The molecule has 1 aliphatic rings. The Labute approximate surface area is 181 Å². The molecule has 0 saturated carbocycles. The molecule has 6 nitrogen and oxygen atoms in total. The van der Waals surface area contributed by atoms with Gasteiger partial charge in [-0.3, -0.25) is 9.69 Å². The molecular formula is C23H28N4O2S. The Morgan fingerprint density at radius 2 is 2.10 bits per heavy atom. The number of carbonyl (C=O) groups excluding carboxylic acids is 1. The zero-order chi connectivity index (χ0) is 20.9. The molecule has 158 valence electrons. The molecule has 1 aliphatic heterocycles. The number of hydrogen-bond donors (Lipinski definition) is 1. The molecule has 1 fully saturated rings. The Bertz CT molecular complexity index is 963. The van der Waals surface area contributed by atoms with Gasteiger partial charge in [0.15, 0.2) is 0 Å². The van der Waals surface area contributed by atoms with Gasteiger partial charge in [-0.1, -0.05) is 24.3 Å². The minimum Gasteiger partial charge on any atom is -0.377 e. The predicted octanol–water partition coefficient (Wildman–Crippen LogP) is 4.17. The molecule has 1 N–H and O–H groups in total. The van der Waals surface area contributed by atoms with Crippen molar-refractivity contribution in [2.45, 2.75) is 39.3 Å². The number of hydrogen-bond acceptors (Lipinski definition) is 5. The van der Waals surface area contributed by atoms with Crippen LogP contribution >= 0.6 is 11.3 Å². The number of thiophene rings is 1. The Balaban J connectivity index is 1.45. The first kappa shape index (κ1) is 20.8. The van der Waals surface area contributed by atoms with Crippen molar-refractivity contribution >= 4 is 22.9 Å². The predicted molar refractivity (Wildman–Crippen MR) is 120 cm³/mol. The van der Waals surface area contributed by atoms with E-state index in [4.69, 9.17) is 4.74 Å². The minimum atomic E-state index is -0.0247. The number of rotatable bonds is 8. The number of aromatic nitrogens is 2. The monoisotopic (exact) mass is 424 g/mol. The van der Waals surface area contributed by atoms with Crippen LogP contribution in [0.5, 0.6) is 0 Å². The molecule has 0 spiro atoms. The van der Waals surface area contributed by atoms with E-state index in [9.17, 15) is 4.79 Å². The SMILES string of the molecule is Cc1nn(-c2ccccc2)c(C)c1NC(=O)CN(Cc1cccs1)C[C@@H]1CCCO1. The summed E-state index contributed by atoms with van der Waals surface area (Å²) < 4.78 is 7.69. The van der Waals surface area contributed by atoms with Crippen LogP contribution < -0.4 is 5.32 Å². The van der Waals surface area contributed by atoms with Gasteiger partial charge in [0, 0.05) is 24.6 Å². The van der Waals surface area contributed by atoms with Crippen LogP contribution in [0.1, 0.15) is 29.1 Å². The first-order valence-electron chi connectivity index (χ1n) is 10.4. The lowest BCUT2D eigenvalue weighted by Crippen LogP contribution is -2.37. The number of para-hydroxylation sites is 1. The van der Waals surface area contributed by atoms with Crippen LogP contribution in [0, 0.1) is 13.8 Å². The summed E-state index contributed by atoms with van der Waals surface area (Å²) in [6, 6.07) is 14.1. The Morgan fingerprint density at radius 1 is 1.27 bits per heavy atom. The molecule has 1 atom stereocenters. The van der Waals surface area contributed by atoms with Crippen molar-refractivity contribution in [3.63, 3.8) is 0 Å². The van der Waals surface area contributed by atoms with E-state index in [1.54, 1.807) is 11.3 Å². The summed E-state index contributed by atoms with van der Waals surface area (Å²) in [6.07, 6.45) is 2.37. The molecule has 1 aromatic carbocycles. The zero-order valence-corrected chi connectivity index (χ0v) is 18.3. The third kappa shape index (κ3) is 4.98. The van der Waals surface area contributed by atoms with Gasteiger partial charge in [0.25, 0.3) is 0 Å². The Hall–Kier alpha value is -2.48. The van der Waals surface area contributed by atoms with Crippen molar-refractivity contribution in [2.75, 3.05) is 25.0 Å². The lowest BCUT2D eigenvalue weighted by atomic mass is 10.2. The van der Waals surface area contributed by atoms with E-state index >= 15 is 0 Å². The van der Waals surface area contributed by atoms with Gasteiger partial charge in [0.2, 0.25) is 5.91 Å². The molecule has 4 rings (SSSR count). The van der Waals surface area contributed by atoms with Crippen molar-refractivity contribution in [3.8, 4) is 5.69 Å². The standard InChI is InChI=1S/C23H28N4O2S/c1-17-23(18(2)27(25-17)19-8-4-3-5-9-19)24-22(28)16-26(14-20-10-6-12-29-20)15-21-11-7-13-30-21/h3-5,7-9,11,13,20H,6,10,12,14-16H2,1-2H3,(H,24,28)/t20-/m0/s1. The van der Waals surface area contributed by atoms with E-state index in [0.717, 1.165) is 55.3 Å². The quantitative estimate of drug-likeness (QED) is 0.590. The fourth-order valence-electron chi connectivity index (χ4n) is 3.91. The highest BCUT2D eigenvalue weighted by atomic mass is 32.1. The topological polar surface area (TPSA) is 59.4 Å². The summed E-state index contributed by atoms with van der Waals surface area (Å²) >= 11 is 1.72. The van der Waals surface area contributed by atoms with Crippen LogP contribution in [0.15, 0.2) is 47.8 Å². The van der Waals surface area contributed by atoms with E-state index in [0.29, 0.717) is 6.54 Å². The maximum atomic E-state index is 12.9. The van der Waals surface area contributed by atoms with E-state index in [1.165, 1.54) is 4.88 Å². The molecule has 30 heavy (non-hydrogen) atoms. The molecule has 0 radical (unpaired) electrons. The molecule has 2 aromatic heterocycles. The molecule has 1 amide bonds. The van der Waals surface area contributed by atoms with Crippen LogP contribution in [-0.4, -0.2) is 46.4 Å². The summed E-state index contributed by atoms with van der Waals surface area (Å²) in [5, 5.41) is 9.80. The van der Waals surface area contributed by atoms with Gasteiger partial charge in [-0.2, -0.15) is 5.10 Å². The van der Waals surface area contributed by atoms with Gasteiger partial charge in [-0.15, -0.1) is 11.3 Å². The van der Waals surface area contributed by atoms with Gasteiger partial charge in [-0.25, -0.2) is 4.68 Å². The number of nitrogens with zero attached hydrogens (tertiary/aromatic N) is 3. The van der Waals surface area contributed by atoms with Crippen molar-refractivity contribution in [1.82, 2.24) is 14.7 Å². The zero-order valence-electron chi connectivity index (χ0n) is 17.5. The normalized spacial score (nSPS) is 16.3. The molecule has 1 saturated heterocycles. The maximum absolute atomic E-state index is 12.9. The van der Waals surface area contributed by atoms with Crippen LogP contribution in [0.25, 0.3) is 5.69 Å². The molecule has 7 heteroatoms. The second-order valence-corrected chi connectivity index (χ2v) is 8.76. The van der Waals surface area contributed by atoms with E-state index in [1.807, 2.05) is 48.9 Å². The highest BCUT2D eigenvalue weighted by molar-refractivity contribution is 7.09. The lowest BCUT2D eigenvalue weighted by Gasteiger charge is -2.24. The third-order valence-corrected chi connectivity index (χ3v) is 6.23. The highest BCUT2D eigenvalue weighted by Crippen LogP contribution is 2.23. The van der Waals surface area contributed by atoms with Crippen molar-refractivity contribution in [2.24, 2.45) is 0 Å². The van der Waals surface area contributed by atoms with Gasteiger partial charge in [-0.05, 0) is 50.3 Å². The van der Waals surface area contributed by atoms with Crippen LogP contribution in [0.4, 0.5) is 5.69 Å². The second-order valence-electron chi connectivity index (χ2n) is 7.73. The Kier molecular flexibility index (Phi) is 6.62. The third-order valence-electron chi connectivity index (χ3n) is 5.37. The van der Waals surface area contributed by atoms with E-state index in [2.05, 4.69) is 32.8 Å². The summed E-state index contributed by atoms with van der Waals surface area (Å²) in [7, 11) is 0. The van der Waals surface area contributed by atoms with E-state index < -0.39 is 0 Å². The average molecular weight is 425 g/mol. The highest BCUT2D eigenvalue weighted by Gasteiger charge is 2.22. The fourth-order valence-corrected chi connectivity index (χ4v) is 4.66. The van der Waals surface area contributed by atoms with Crippen LogP contribution in [0.2, 0.25) is 0 Å². The molecular weight excluding hydrogens is 396 g/mol. The Morgan fingerprint density at radius 3 is 2.80 bits per heavy atom. The van der Waals surface area contributed by atoms with Gasteiger partial charge >= 0.3 is 0 Å². The minimum absolute atomic E-state index is 0.0247. The second kappa shape index (κ2) is 9.55. The van der Waals surface area contributed by atoms with E-state index in [-0.39, 0.29) is 12.0 Å². The summed E-state index contributed by atoms with van der Waals surface area (Å²) in [6.45, 7) is 6.59. The number of ether oxygens (including phenoxy) is 1. The van der Waals surface area contributed by atoms with Gasteiger partial charge in [0.1, 0.15) is 0 Å². The van der Waals surface area contributed by atoms with Gasteiger partial charge < -0.3 is 10.1 Å². The maximum Gasteiger partial charge on any atom is 0.238 e. The summed E-state index contributed by atoms with van der Waals surface area (Å²) in [5.41, 5.74) is 3.51. The first-order chi connectivity index (χ1) is 14.6. The smallest absolute Gasteiger partial charge is 0.238 e. The average Bonchev–Trinajstić information content (AvgIpc) is 3.49.